The molecule has 0 bridgehead atoms. The van der Waals surface area contributed by atoms with Gasteiger partial charge in [0, 0.05) is 31.1 Å². The molecule has 1 amide bonds. The maximum Gasteiger partial charge on any atom is 0.335 e. The van der Waals surface area contributed by atoms with E-state index in [1.54, 1.807) is 41.7 Å². The molecular formula is C25H24Cl2N2O4S2. The molecule has 35 heavy (non-hydrogen) atoms. The first-order valence-corrected chi connectivity index (χ1v) is 13.5. The Morgan fingerprint density at radius 1 is 1.11 bits per heavy atom. The van der Waals surface area contributed by atoms with Gasteiger partial charge in [-0.2, -0.15) is 0 Å². The molecule has 2 aromatic carbocycles. The molecule has 6 nitrogen and oxygen atoms in total. The quantitative estimate of drug-likeness (QED) is 0.341. The Labute approximate surface area is 222 Å². The first-order chi connectivity index (χ1) is 16.9. The number of halogens is 2. The van der Waals surface area contributed by atoms with Gasteiger partial charge >= 0.3 is 5.97 Å². The number of nitrogens with one attached hydrogen (secondary N) is 1. The molecular weight excluding hydrogens is 527 g/mol. The van der Waals surface area contributed by atoms with Crippen molar-refractivity contribution in [3.05, 3.63) is 75.8 Å². The molecule has 4 rings (SSSR count). The van der Waals surface area contributed by atoms with Crippen LogP contribution in [-0.2, 0) is 16.1 Å². The average Bonchev–Trinajstić information content (AvgIpc) is 3.33. The number of carbonyl (C=O) groups is 2. The molecule has 1 saturated heterocycles. The highest BCUT2D eigenvalue weighted by molar-refractivity contribution is 8.01. The first kappa shape index (κ1) is 26.0. The van der Waals surface area contributed by atoms with Gasteiger partial charge in [-0.3, -0.25) is 9.69 Å². The number of carboxylic acid groups (broad SMARTS) is 1. The van der Waals surface area contributed by atoms with Crippen LogP contribution in [0.2, 0.25) is 10.0 Å². The molecule has 1 atom stereocenters. The summed E-state index contributed by atoms with van der Waals surface area (Å²) in [6, 6.07) is 16.4. The maximum atomic E-state index is 12.4. The highest BCUT2D eigenvalue weighted by atomic mass is 35.5. The lowest BCUT2D eigenvalue weighted by atomic mass is 10.1. The Hall–Kier alpha value is -2.07. The van der Waals surface area contributed by atoms with Gasteiger partial charge in [0.2, 0.25) is 5.91 Å². The third-order valence-corrected chi connectivity index (χ3v) is 8.58. The van der Waals surface area contributed by atoms with E-state index in [1.165, 1.54) is 11.8 Å². The summed E-state index contributed by atoms with van der Waals surface area (Å²) in [5.41, 5.74) is 2.31. The third kappa shape index (κ3) is 7.46. The molecule has 0 aliphatic carbocycles. The second-order valence-corrected chi connectivity index (χ2v) is 11.2. The second-order valence-electron chi connectivity index (χ2n) is 8.07. The van der Waals surface area contributed by atoms with E-state index in [2.05, 4.69) is 10.2 Å². The molecule has 0 saturated carbocycles. The molecule has 0 spiro atoms. The van der Waals surface area contributed by atoms with Crippen molar-refractivity contribution >= 4 is 58.2 Å². The van der Waals surface area contributed by atoms with Crippen LogP contribution in [0.1, 0.15) is 15.9 Å². The fraction of sp³-hybridized carbons (Fsp3) is 0.280. The van der Waals surface area contributed by atoms with Crippen LogP contribution in [0.25, 0.3) is 10.4 Å². The van der Waals surface area contributed by atoms with Crippen molar-refractivity contribution < 1.29 is 19.4 Å². The van der Waals surface area contributed by atoms with Crippen LogP contribution in [0.5, 0.6) is 0 Å². The Bertz CT molecular complexity index is 1190. The number of carbonyl (C=O) groups excluding carboxylic acids is 1. The number of morpholine rings is 1. The van der Waals surface area contributed by atoms with Gasteiger partial charge in [-0.05, 0) is 47.5 Å². The predicted octanol–water partition coefficient (Wildman–Crippen LogP) is 5.53. The number of hydrogen-bond acceptors (Lipinski definition) is 6. The van der Waals surface area contributed by atoms with Crippen molar-refractivity contribution in [2.45, 2.75) is 16.9 Å². The molecule has 2 heterocycles. The number of hydrogen-bond donors (Lipinski definition) is 2. The zero-order valence-corrected chi connectivity index (χ0v) is 21.9. The van der Waals surface area contributed by atoms with Crippen molar-refractivity contribution in [3.63, 3.8) is 0 Å². The summed E-state index contributed by atoms with van der Waals surface area (Å²) < 4.78 is 6.86. The summed E-state index contributed by atoms with van der Waals surface area (Å²) in [5, 5.41) is 13.1. The lowest BCUT2D eigenvalue weighted by Crippen LogP contribution is -2.47. The molecule has 0 radical (unpaired) electrons. The molecule has 1 aliphatic rings. The van der Waals surface area contributed by atoms with Crippen LogP contribution in [-0.4, -0.2) is 60.0 Å². The molecule has 1 fully saturated rings. The highest BCUT2D eigenvalue weighted by Gasteiger charge is 2.21. The number of nitrogens with zero attached hydrogens (tertiary/aromatic N) is 1. The minimum Gasteiger partial charge on any atom is -0.478 e. The van der Waals surface area contributed by atoms with Gasteiger partial charge in [0.25, 0.3) is 0 Å². The lowest BCUT2D eigenvalue weighted by molar-refractivity contribution is -0.119. The van der Waals surface area contributed by atoms with Crippen LogP contribution in [0.4, 0.5) is 0 Å². The summed E-state index contributed by atoms with van der Waals surface area (Å²) in [7, 11) is 0. The van der Waals surface area contributed by atoms with Gasteiger partial charge in [0.15, 0.2) is 0 Å². The van der Waals surface area contributed by atoms with E-state index in [0.29, 0.717) is 28.9 Å². The van der Waals surface area contributed by atoms with Gasteiger partial charge in [-0.25, -0.2) is 4.79 Å². The van der Waals surface area contributed by atoms with Crippen LogP contribution in [0, 0.1) is 0 Å². The minimum absolute atomic E-state index is 0.0408. The largest absolute Gasteiger partial charge is 0.478 e. The number of carboxylic acids is 1. The average molecular weight is 552 g/mol. The number of thiophene rings is 1. The predicted molar refractivity (Wildman–Crippen MR) is 142 cm³/mol. The number of amides is 1. The third-order valence-electron chi connectivity index (χ3n) is 5.48. The Balaban J connectivity index is 1.20. The van der Waals surface area contributed by atoms with Crippen LogP contribution < -0.4 is 5.32 Å². The van der Waals surface area contributed by atoms with E-state index < -0.39 is 5.97 Å². The topological polar surface area (TPSA) is 78.9 Å². The van der Waals surface area contributed by atoms with Gasteiger partial charge in [-0.1, -0.05) is 41.4 Å². The Kier molecular flexibility index (Phi) is 9.10. The fourth-order valence-corrected chi connectivity index (χ4v) is 5.97. The number of benzene rings is 2. The molecule has 184 valence electrons. The van der Waals surface area contributed by atoms with E-state index in [-0.39, 0.29) is 17.6 Å². The summed E-state index contributed by atoms with van der Waals surface area (Å²) >= 11 is 15.2. The summed E-state index contributed by atoms with van der Waals surface area (Å²) in [6.07, 6.45) is -0.0670. The second kappa shape index (κ2) is 12.3. The van der Waals surface area contributed by atoms with Crippen molar-refractivity contribution in [2.24, 2.45) is 0 Å². The molecule has 1 aliphatic heterocycles. The van der Waals surface area contributed by atoms with Gasteiger partial charge in [-0.15, -0.1) is 23.1 Å². The van der Waals surface area contributed by atoms with E-state index >= 15 is 0 Å². The van der Waals surface area contributed by atoms with Crippen molar-refractivity contribution in [3.8, 4) is 10.4 Å². The van der Waals surface area contributed by atoms with Crippen LogP contribution in [0.15, 0.2) is 58.8 Å². The summed E-state index contributed by atoms with van der Waals surface area (Å²) in [5.74, 6) is -0.666. The maximum absolute atomic E-state index is 12.4. The van der Waals surface area contributed by atoms with Gasteiger partial charge < -0.3 is 15.2 Å². The van der Waals surface area contributed by atoms with E-state index in [9.17, 15) is 9.59 Å². The zero-order chi connectivity index (χ0) is 24.8. The lowest BCUT2D eigenvalue weighted by Gasteiger charge is -2.33. The van der Waals surface area contributed by atoms with Crippen molar-refractivity contribution in [2.75, 3.05) is 32.0 Å². The first-order valence-electron chi connectivity index (χ1n) is 11.0. The zero-order valence-electron chi connectivity index (χ0n) is 18.7. The van der Waals surface area contributed by atoms with Crippen molar-refractivity contribution in [1.82, 2.24) is 10.2 Å². The van der Waals surface area contributed by atoms with Gasteiger partial charge in [0.1, 0.15) is 0 Å². The number of aromatic carboxylic acids is 1. The Morgan fingerprint density at radius 3 is 2.66 bits per heavy atom. The SMILES string of the molecule is O=C(CSc1ccc(-c2ccc(C(=O)O)cc2)s1)NC[C@H]1CN(Cc2ccc(Cl)c(Cl)c2)CCO1. The normalized spacial score (nSPS) is 16.2. The molecule has 0 unspecified atom stereocenters. The monoisotopic (exact) mass is 550 g/mol. The standard InChI is InChI=1S/C25H24Cl2N2O4S2/c26-20-6-1-16(11-21(20)27)13-29-9-10-33-19(14-29)12-28-23(30)15-34-24-8-7-22(35-24)17-2-4-18(5-3-17)25(31)32/h1-8,11,19H,9-10,12-15H2,(H,28,30)(H,31,32)/t19-/m0/s1. The molecule has 3 aromatic rings. The smallest absolute Gasteiger partial charge is 0.335 e. The molecule has 10 heteroatoms. The van der Waals surface area contributed by atoms with E-state index in [0.717, 1.165) is 39.8 Å². The molecule has 1 aromatic heterocycles. The number of rotatable bonds is 9. The Morgan fingerprint density at radius 2 is 1.91 bits per heavy atom. The number of ether oxygens (including phenoxy) is 1. The minimum atomic E-state index is -0.942. The van der Waals surface area contributed by atoms with Crippen molar-refractivity contribution in [1.29, 1.82) is 0 Å². The summed E-state index contributed by atoms with van der Waals surface area (Å²) in [6.45, 7) is 3.37. The highest BCUT2D eigenvalue weighted by Crippen LogP contribution is 2.34. The van der Waals surface area contributed by atoms with Crippen LogP contribution >= 0.6 is 46.3 Å². The van der Waals surface area contributed by atoms with E-state index in [1.807, 2.05) is 24.3 Å². The molecule has 2 N–H and O–H groups in total. The van der Waals surface area contributed by atoms with Gasteiger partial charge in [0.05, 0.1) is 38.3 Å². The fourth-order valence-electron chi connectivity index (χ4n) is 3.69. The van der Waals surface area contributed by atoms with E-state index in [4.69, 9.17) is 33.0 Å². The number of thioether (sulfide) groups is 1. The summed E-state index contributed by atoms with van der Waals surface area (Å²) in [4.78, 5) is 26.7. The van der Waals surface area contributed by atoms with Crippen LogP contribution in [0.3, 0.4) is 0 Å².